The van der Waals surface area contributed by atoms with Gasteiger partial charge < -0.3 is 15.3 Å². The van der Waals surface area contributed by atoms with Crippen LogP contribution in [0, 0.1) is 11.8 Å². The van der Waals surface area contributed by atoms with Crippen molar-refractivity contribution in [3.8, 4) is 0 Å². The second-order valence-electron chi connectivity index (χ2n) is 6.62. The molecule has 2 N–H and O–H groups in total. The molecule has 0 spiro atoms. The van der Waals surface area contributed by atoms with Crippen molar-refractivity contribution in [2.45, 2.75) is 32.1 Å². The standard InChI is InChI=1S/C18H24N2O3/c21-12-13-4-3-9-20(11-13)17(22)8-7-15-10-14-5-1-2-6-16(14)19-18(15)23/h1-2,5-6,13,15,21H,3-4,7-12H2,(H,19,23). The molecule has 2 heterocycles. The maximum Gasteiger partial charge on any atom is 0.227 e. The summed E-state index contributed by atoms with van der Waals surface area (Å²) in [5.41, 5.74) is 2.03. The number of aliphatic hydroxyl groups excluding tert-OH is 1. The third-order valence-corrected chi connectivity index (χ3v) is 4.95. The molecule has 1 aromatic carbocycles. The molecule has 0 radical (unpaired) electrons. The van der Waals surface area contributed by atoms with Gasteiger partial charge in [-0.1, -0.05) is 18.2 Å². The van der Waals surface area contributed by atoms with E-state index in [0.717, 1.165) is 30.6 Å². The number of benzene rings is 1. The van der Waals surface area contributed by atoms with E-state index in [1.807, 2.05) is 29.2 Å². The van der Waals surface area contributed by atoms with E-state index >= 15 is 0 Å². The van der Waals surface area contributed by atoms with E-state index < -0.39 is 0 Å². The van der Waals surface area contributed by atoms with E-state index in [1.165, 1.54) is 0 Å². The van der Waals surface area contributed by atoms with Gasteiger partial charge in [0.05, 0.1) is 0 Å². The number of rotatable bonds is 4. The summed E-state index contributed by atoms with van der Waals surface area (Å²) in [6.45, 7) is 1.57. The summed E-state index contributed by atoms with van der Waals surface area (Å²) in [7, 11) is 0. The van der Waals surface area contributed by atoms with Crippen LogP contribution in [-0.2, 0) is 16.0 Å². The van der Waals surface area contributed by atoms with Gasteiger partial charge in [-0.05, 0) is 43.2 Å². The summed E-state index contributed by atoms with van der Waals surface area (Å²) >= 11 is 0. The molecule has 1 aromatic rings. The minimum atomic E-state index is -0.132. The van der Waals surface area contributed by atoms with Gasteiger partial charge in [-0.25, -0.2) is 0 Å². The van der Waals surface area contributed by atoms with Gasteiger partial charge in [0.1, 0.15) is 0 Å². The van der Waals surface area contributed by atoms with Crippen molar-refractivity contribution in [3.05, 3.63) is 29.8 Å². The Kier molecular flexibility index (Phi) is 4.96. The van der Waals surface area contributed by atoms with Crippen LogP contribution in [0.25, 0.3) is 0 Å². The fourth-order valence-electron chi connectivity index (χ4n) is 3.54. The van der Waals surface area contributed by atoms with Crippen LogP contribution in [0.4, 0.5) is 5.69 Å². The molecule has 3 rings (SSSR count). The minimum absolute atomic E-state index is 0.0170. The number of fused-ring (bicyclic) bond motifs is 1. The Morgan fingerprint density at radius 1 is 1.35 bits per heavy atom. The first kappa shape index (κ1) is 16.0. The number of nitrogens with zero attached hydrogens (tertiary/aromatic N) is 1. The summed E-state index contributed by atoms with van der Waals surface area (Å²) in [4.78, 5) is 26.4. The zero-order chi connectivity index (χ0) is 16.2. The van der Waals surface area contributed by atoms with Crippen molar-refractivity contribution in [1.29, 1.82) is 0 Å². The number of hydrogen-bond acceptors (Lipinski definition) is 3. The lowest BCUT2D eigenvalue weighted by Gasteiger charge is -2.32. The van der Waals surface area contributed by atoms with E-state index in [9.17, 15) is 14.7 Å². The number of likely N-dealkylation sites (tertiary alicyclic amines) is 1. The SMILES string of the molecule is O=C1Nc2ccccc2CC1CCC(=O)N1CCCC(CO)C1. The molecule has 0 bridgehead atoms. The summed E-state index contributed by atoms with van der Waals surface area (Å²) in [5.74, 6) is 0.197. The predicted molar refractivity (Wildman–Crippen MR) is 87.9 cm³/mol. The topological polar surface area (TPSA) is 69.6 Å². The fraction of sp³-hybridized carbons (Fsp3) is 0.556. The molecule has 2 atom stereocenters. The van der Waals surface area contributed by atoms with Crippen LogP contribution in [0.3, 0.4) is 0 Å². The normalized spacial score (nSPS) is 24.0. The lowest BCUT2D eigenvalue weighted by Crippen LogP contribution is -2.41. The average Bonchev–Trinajstić information content (AvgIpc) is 2.59. The molecule has 5 nitrogen and oxygen atoms in total. The number of nitrogens with one attached hydrogen (secondary N) is 1. The Morgan fingerprint density at radius 2 is 2.17 bits per heavy atom. The van der Waals surface area contributed by atoms with Gasteiger partial charge in [0, 0.05) is 37.7 Å². The highest BCUT2D eigenvalue weighted by atomic mass is 16.3. The largest absolute Gasteiger partial charge is 0.396 e. The van der Waals surface area contributed by atoms with Crippen molar-refractivity contribution in [1.82, 2.24) is 4.90 Å². The Hall–Kier alpha value is -1.88. The predicted octanol–water partition coefficient (Wildman–Crippen LogP) is 1.81. The van der Waals surface area contributed by atoms with E-state index in [0.29, 0.717) is 25.8 Å². The summed E-state index contributed by atoms with van der Waals surface area (Å²) in [5, 5.41) is 12.2. The highest BCUT2D eigenvalue weighted by Crippen LogP contribution is 2.28. The van der Waals surface area contributed by atoms with Gasteiger partial charge >= 0.3 is 0 Å². The van der Waals surface area contributed by atoms with Crippen molar-refractivity contribution < 1.29 is 14.7 Å². The maximum absolute atomic E-state index is 12.4. The van der Waals surface area contributed by atoms with Gasteiger partial charge in [-0.3, -0.25) is 9.59 Å². The molecule has 2 amide bonds. The van der Waals surface area contributed by atoms with Crippen molar-refractivity contribution in [2.24, 2.45) is 11.8 Å². The fourth-order valence-corrected chi connectivity index (χ4v) is 3.54. The molecule has 1 saturated heterocycles. The molecule has 0 aromatic heterocycles. The molecule has 0 aliphatic carbocycles. The minimum Gasteiger partial charge on any atom is -0.396 e. The van der Waals surface area contributed by atoms with Crippen LogP contribution in [0.5, 0.6) is 0 Å². The molecule has 5 heteroatoms. The Balaban J connectivity index is 1.54. The van der Waals surface area contributed by atoms with Crippen LogP contribution in [0.2, 0.25) is 0 Å². The lowest BCUT2D eigenvalue weighted by molar-refractivity contribution is -0.133. The van der Waals surface area contributed by atoms with Crippen molar-refractivity contribution in [2.75, 3.05) is 25.0 Å². The third kappa shape index (κ3) is 3.72. The summed E-state index contributed by atoms with van der Waals surface area (Å²) < 4.78 is 0. The smallest absolute Gasteiger partial charge is 0.227 e. The van der Waals surface area contributed by atoms with Crippen LogP contribution in [0.15, 0.2) is 24.3 Å². The highest BCUT2D eigenvalue weighted by Gasteiger charge is 2.28. The van der Waals surface area contributed by atoms with Gasteiger partial charge in [-0.15, -0.1) is 0 Å². The number of para-hydroxylation sites is 1. The van der Waals surface area contributed by atoms with Crippen LogP contribution < -0.4 is 5.32 Å². The Labute approximate surface area is 136 Å². The maximum atomic E-state index is 12.4. The summed E-state index contributed by atoms with van der Waals surface area (Å²) in [6.07, 6.45) is 3.63. The van der Waals surface area contributed by atoms with Crippen molar-refractivity contribution in [3.63, 3.8) is 0 Å². The van der Waals surface area contributed by atoms with Crippen LogP contribution >= 0.6 is 0 Å². The number of carbonyl (C=O) groups excluding carboxylic acids is 2. The number of hydrogen-bond donors (Lipinski definition) is 2. The zero-order valence-corrected chi connectivity index (χ0v) is 13.3. The first-order valence-corrected chi connectivity index (χ1v) is 8.44. The molecule has 0 saturated carbocycles. The molecular formula is C18H24N2O3. The average molecular weight is 316 g/mol. The number of aliphatic hydroxyl groups is 1. The van der Waals surface area contributed by atoms with E-state index in [4.69, 9.17) is 0 Å². The Morgan fingerprint density at radius 3 is 3.00 bits per heavy atom. The van der Waals surface area contributed by atoms with Gasteiger partial charge in [-0.2, -0.15) is 0 Å². The molecule has 23 heavy (non-hydrogen) atoms. The number of piperidine rings is 1. The van der Waals surface area contributed by atoms with E-state index in [2.05, 4.69) is 5.32 Å². The van der Waals surface area contributed by atoms with Crippen LogP contribution in [-0.4, -0.2) is 41.5 Å². The van der Waals surface area contributed by atoms with Gasteiger partial charge in [0.25, 0.3) is 0 Å². The molecule has 2 aliphatic heterocycles. The quantitative estimate of drug-likeness (QED) is 0.890. The van der Waals surface area contributed by atoms with Gasteiger partial charge in [0.15, 0.2) is 0 Å². The molecule has 2 unspecified atom stereocenters. The molecule has 2 aliphatic rings. The zero-order valence-electron chi connectivity index (χ0n) is 13.3. The first-order chi connectivity index (χ1) is 11.2. The lowest BCUT2D eigenvalue weighted by atomic mass is 9.89. The second kappa shape index (κ2) is 7.13. The molecule has 1 fully saturated rings. The van der Waals surface area contributed by atoms with E-state index in [1.54, 1.807) is 0 Å². The molecule has 124 valence electrons. The first-order valence-electron chi connectivity index (χ1n) is 8.44. The summed E-state index contributed by atoms with van der Waals surface area (Å²) in [6, 6.07) is 7.83. The van der Waals surface area contributed by atoms with Crippen molar-refractivity contribution >= 4 is 17.5 Å². The Bertz CT molecular complexity index is 587. The monoisotopic (exact) mass is 316 g/mol. The number of anilines is 1. The second-order valence-corrected chi connectivity index (χ2v) is 6.62. The number of amides is 2. The van der Waals surface area contributed by atoms with Gasteiger partial charge in [0.2, 0.25) is 11.8 Å². The number of carbonyl (C=O) groups is 2. The van der Waals surface area contributed by atoms with E-state index in [-0.39, 0.29) is 30.3 Å². The van der Waals surface area contributed by atoms with Crippen LogP contribution in [0.1, 0.15) is 31.2 Å². The highest BCUT2D eigenvalue weighted by molar-refractivity contribution is 5.96. The third-order valence-electron chi connectivity index (χ3n) is 4.95. The molecular weight excluding hydrogens is 292 g/mol.